The molecule has 0 spiro atoms. The van der Waals surface area contributed by atoms with Gasteiger partial charge in [-0.05, 0) is 42.0 Å². The summed E-state index contributed by atoms with van der Waals surface area (Å²) in [6.07, 6.45) is 0.287. The number of benzene rings is 2. The van der Waals surface area contributed by atoms with E-state index < -0.39 is 0 Å². The molecule has 0 unspecified atom stereocenters. The third kappa shape index (κ3) is 5.83. The first-order valence-electron chi connectivity index (χ1n) is 8.95. The molecular weight excluding hydrogens is 388 g/mol. The molecule has 4 nitrogen and oxygen atoms in total. The third-order valence-electron chi connectivity index (χ3n) is 4.66. The van der Waals surface area contributed by atoms with Crippen LogP contribution in [0.2, 0.25) is 10.0 Å². The molecule has 2 aromatic carbocycles. The number of hydrogen-bond donors (Lipinski definition) is 1. The summed E-state index contributed by atoms with van der Waals surface area (Å²) in [5.74, 6) is -0.243. The van der Waals surface area contributed by atoms with Crippen LogP contribution in [-0.2, 0) is 11.2 Å². The molecule has 0 atom stereocenters. The summed E-state index contributed by atoms with van der Waals surface area (Å²) in [5, 5.41) is 3.90. The fourth-order valence-electron chi connectivity index (χ4n) is 3.13. The molecule has 1 saturated heterocycles. The first kappa shape index (κ1) is 19.9. The predicted octanol–water partition coefficient (Wildman–Crippen LogP) is 3.61. The molecule has 3 rings (SSSR count). The minimum Gasteiger partial charge on any atom is -0.369 e. The van der Waals surface area contributed by atoms with Crippen LogP contribution < -0.4 is 10.2 Å². The van der Waals surface area contributed by atoms with Crippen molar-refractivity contribution in [1.29, 1.82) is 0 Å². The normalized spacial score (nSPS) is 15.0. The molecule has 0 aromatic heterocycles. The number of nitrogens with one attached hydrogen (secondary N) is 1. The zero-order valence-electron chi connectivity index (χ0n) is 14.9. The maximum absolute atomic E-state index is 13.0. The molecule has 1 N–H and O–H groups in total. The van der Waals surface area contributed by atoms with Crippen LogP contribution in [0.15, 0.2) is 42.5 Å². The van der Waals surface area contributed by atoms with Gasteiger partial charge in [0, 0.05) is 45.0 Å². The molecular formula is C20H22Cl2FN3O. The van der Waals surface area contributed by atoms with E-state index in [1.807, 2.05) is 18.2 Å². The molecule has 0 saturated carbocycles. The average molecular weight is 410 g/mol. The second-order valence-corrected chi connectivity index (χ2v) is 7.39. The van der Waals surface area contributed by atoms with E-state index in [1.54, 1.807) is 12.1 Å². The largest absolute Gasteiger partial charge is 0.369 e. The third-order valence-corrected chi connectivity index (χ3v) is 5.40. The zero-order chi connectivity index (χ0) is 19.2. The second-order valence-electron chi connectivity index (χ2n) is 6.58. The lowest BCUT2D eigenvalue weighted by Crippen LogP contribution is -2.48. The monoisotopic (exact) mass is 409 g/mol. The highest BCUT2D eigenvalue weighted by Crippen LogP contribution is 2.22. The summed E-state index contributed by atoms with van der Waals surface area (Å²) >= 11 is 11.9. The standard InChI is InChI=1S/C20H22Cl2FN3O/c21-18-6-1-15(13-19(18)22)14-20(27)24-7-8-25-9-11-26(12-10-25)17-4-2-16(23)3-5-17/h1-6,13H,7-12,14H2,(H,24,27). The Morgan fingerprint density at radius 2 is 1.70 bits per heavy atom. The smallest absolute Gasteiger partial charge is 0.224 e. The van der Waals surface area contributed by atoms with Gasteiger partial charge in [-0.15, -0.1) is 0 Å². The summed E-state index contributed by atoms with van der Waals surface area (Å²) in [6, 6.07) is 11.8. The van der Waals surface area contributed by atoms with Crippen molar-refractivity contribution in [2.45, 2.75) is 6.42 Å². The van der Waals surface area contributed by atoms with Crippen LogP contribution >= 0.6 is 23.2 Å². The van der Waals surface area contributed by atoms with Crippen LogP contribution in [0.3, 0.4) is 0 Å². The van der Waals surface area contributed by atoms with Gasteiger partial charge < -0.3 is 10.2 Å². The van der Waals surface area contributed by atoms with Gasteiger partial charge in [-0.1, -0.05) is 29.3 Å². The Hall–Kier alpha value is -1.82. The Bertz CT molecular complexity index is 777. The molecule has 144 valence electrons. The fraction of sp³-hybridized carbons (Fsp3) is 0.350. The number of rotatable bonds is 6. The minimum atomic E-state index is -0.214. The molecule has 1 heterocycles. The van der Waals surface area contributed by atoms with Crippen LogP contribution in [0.5, 0.6) is 0 Å². The van der Waals surface area contributed by atoms with Crippen molar-refractivity contribution in [3.05, 3.63) is 63.9 Å². The number of hydrogen-bond acceptors (Lipinski definition) is 3. The van der Waals surface area contributed by atoms with E-state index in [9.17, 15) is 9.18 Å². The molecule has 1 fully saturated rings. The molecule has 1 amide bonds. The lowest BCUT2D eigenvalue weighted by Gasteiger charge is -2.36. The maximum atomic E-state index is 13.0. The van der Waals surface area contributed by atoms with Crippen LogP contribution in [0, 0.1) is 5.82 Å². The SMILES string of the molecule is O=C(Cc1ccc(Cl)c(Cl)c1)NCCN1CCN(c2ccc(F)cc2)CC1. The van der Waals surface area contributed by atoms with Gasteiger partial charge in [-0.25, -0.2) is 4.39 Å². The Kier molecular flexibility index (Phi) is 6.94. The van der Waals surface area contributed by atoms with Crippen LogP contribution in [0.1, 0.15) is 5.56 Å². The Balaban J connectivity index is 1.36. The fourth-order valence-corrected chi connectivity index (χ4v) is 3.45. The first-order chi connectivity index (χ1) is 13.0. The summed E-state index contributed by atoms with van der Waals surface area (Å²) < 4.78 is 13.0. The van der Waals surface area contributed by atoms with E-state index in [2.05, 4.69) is 15.1 Å². The van der Waals surface area contributed by atoms with E-state index >= 15 is 0 Å². The number of piperazine rings is 1. The summed E-state index contributed by atoms with van der Waals surface area (Å²) in [7, 11) is 0. The van der Waals surface area contributed by atoms with Gasteiger partial charge in [0.05, 0.1) is 16.5 Å². The summed E-state index contributed by atoms with van der Waals surface area (Å²) in [4.78, 5) is 16.6. The lowest BCUT2D eigenvalue weighted by atomic mass is 10.1. The van der Waals surface area contributed by atoms with Crippen LogP contribution in [0.4, 0.5) is 10.1 Å². The van der Waals surface area contributed by atoms with Crippen molar-refractivity contribution in [3.63, 3.8) is 0 Å². The summed E-state index contributed by atoms with van der Waals surface area (Å²) in [6.45, 7) is 5.03. The van der Waals surface area contributed by atoms with Gasteiger partial charge in [0.25, 0.3) is 0 Å². The minimum absolute atomic E-state index is 0.0293. The molecule has 2 aromatic rings. The Labute approximate surface area is 168 Å². The Morgan fingerprint density at radius 3 is 2.37 bits per heavy atom. The highest BCUT2D eigenvalue weighted by atomic mass is 35.5. The lowest BCUT2D eigenvalue weighted by molar-refractivity contribution is -0.120. The van der Waals surface area contributed by atoms with E-state index in [-0.39, 0.29) is 18.1 Å². The molecule has 27 heavy (non-hydrogen) atoms. The average Bonchev–Trinajstić information content (AvgIpc) is 2.66. The van der Waals surface area contributed by atoms with E-state index in [4.69, 9.17) is 23.2 Å². The van der Waals surface area contributed by atoms with E-state index in [0.717, 1.165) is 44.0 Å². The number of nitrogens with zero attached hydrogens (tertiary/aromatic N) is 2. The topological polar surface area (TPSA) is 35.6 Å². The molecule has 0 bridgehead atoms. The van der Waals surface area contributed by atoms with Crippen molar-refractivity contribution in [3.8, 4) is 0 Å². The highest BCUT2D eigenvalue weighted by molar-refractivity contribution is 6.42. The number of halogens is 3. The first-order valence-corrected chi connectivity index (χ1v) is 9.70. The number of carbonyl (C=O) groups excluding carboxylic acids is 1. The van der Waals surface area contributed by atoms with Gasteiger partial charge in [0.2, 0.25) is 5.91 Å². The van der Waals surface area contributed by atoms with Crippen LogP contribution in [0.25, 0.3) is 0 Å². The van der Waals surface area contributed by atoms with Crippen molar-refractivity contribution in [2.24, 2.45) is 0 Å². The number of amides is 1. The van der Waals surface area contributed by atoms with Crippen molar-refractivity contribution < 1.29 is 9.18 Å². The van der Waals surface area contributed by atoms with Crippen molar-refractivity contribution in [1.82, 2.24) is 10.2 Å². The second kappa shape index (κ2) is 9.40. The molecule has 0 radical (unpaired) electrons. The van der Waals surface area contributed by atoms with Gasteiger partial charge in [0.15, 0.2) is 0 Å². The van der Waals surface area contributed by atoms with Crippen molar-refractivity contribution in [2.75, 3.05) is 44.2 Å². The number of anilines is 1. The zero-order valence-corrected chi connectivity index (χ0v) is 16.4. The molecule has 7 heteroatoms. The van der Waals surface area contributed by atoms with Gasteiger partial charge >= 0.3 is 0 Å². The Morgan fingerprint density at radius 1 is 1.00 bits per heavy atom. The van der Waals surface area contributed by atoms with Gasteiger partial charge in [0.1, 0.15) is 5.82 Å². The van der Waals surface area contributed by atoms with Gasteiger partial charge in [-0.3, -0.25) is 9.69 Å². The molecule has 1 aliphatic rings. The van der Waals surface area contributed by atoms with E-state index in [1.165, 1.54) is 12.1 Å². The molecule has 1 aliphatic heterocycles. The summed E-state index contributed by atoms with van der Waals surface area (Å²) in [5.41, 5.74) is 1.89. The van der Waals surface area contributed by atoms with Gasteiger partial charge in [-0.2, -0.15) is 0 Å². The number of carbonyl (C=O) groups is 1. The van der Waals surface area contributed by atoms with Crippen molar-refractivity contribution >= 4 is 34.8 Å². The predicted molar refractivity (Wildman–Crippen MR) is 108 cm³/mol. The van der Waals surface area contributed by atoms with E-state index in [0.29, 0.717) is 16.6 Å². The quantitative estimate of drug-likeness (QED) is 0.791. The molecule has 0 aliphatic carbocycles. The highest BCUT2D eigenvalue weighted by Gasteiger charge is 2.17. The maximum Gasteiger partial charge on any atom is 0.224 e. The van der Waals surface area contributed by atoms with Crippen LogP contribution in [-0.4, -0.2) is 50.1 Å².